The monoisotopic (exact) mass is 1100 g/mol. The molecule has 3 amide bonds. The van der Waals surface area contributed by atoms with Crippen molar-refractivity contribution in [2.45, 2.75) is 40.4 Å². The highest BCUT2D eigenvalue weighted by Crippen LogP contribution is 2.41. The van der Waals surface area contributed by atoms with Crippen molar-refractivity contribution in [1.29, 1.82) is 0 Å². The Balaban J connectivity index is 0.913. The number of aromatic nitrogens is 3. The van der Waals surface area contributed by atoms with E-state index in [4.69, 9.17) is 15.2 Å². The zero-order chi connectivity index (χ0) is 54.5. The van der Waals surface area contributed by atoms with Crippen molar-refractivity contribution in [2.75, 3.05) is 73.1 Å². The predicted molar refractivity (Wildman–Crippen MR) is 271 cm³/mol. The SMILES string of the molecule is Nc1c(S(=O)(=O)O)cc(Nc2ccc(Nc3nc(NCCOCCOCCNC(=O)C4CCC(CN5C(=O)C=CC5=O)CC4)nc(Nc4cccc(S(=O)(=O)O)c4)n3)c(S(=O)(=O)O)c2)c2c1C(=O)c1ccccc1C2=O. The lowest BCUT2D eigenvalue weighted by Gasteiger charge is -2.30. The van der Waals surface area contributed by atoms with E-state index in [1.165, 1.54) is 59.5 Å². The van der Waals surface area contributed by atoms with Crippen molar-refractivity contribution in [3.8, 4) is 0 Å². The number of nitrogen functional groups attached to an aromatic ring is 1. The van der Waals surface area contributed by atoms with Gasteiger partial charge >= 0.3 is 0 Å². The molecule has 2 aliphatic carbocycles. The van der Waals surface area contributed by atoms with Gasteiger partial charge in [0.25, 0.3) is 42.2 Å². The number of imide groups is 1. The normalized spacial score (nSPS) is 16.5. The van der Waals surface area contributed by atoms with Crippen LogP contribution in [0.15, 0.2) is 99.6 Å². The molecule has 8 rings (SSSR count). The maximum Gasteiger partial charge on any atom is 0.296 e. The Morgan fingerprint density at radius 1 is 0.618 bits per heavy atom. The fourth-order valence-corrected chi connectivity index (χ4v) is 10.5. The van der Waals surface area contributed by atoms with Crippen LogP contribution in [0.2, 0.25) is 0 Å². The molecule has 0 atom stereocenters. The van der Waals surface area contributed by atoms with Crippen LogP contribution in [0, 0.1) is 11.8 Å². The number of fused-ring (bicyclic) bond motifs is 2. The molecular weight excluding hydrogens is 1060 g/mol. The van der Waals surface area contributed by atoms with Gasteiger partial charge in [0.1, 0.15) is 9.79 Å². The van der Waals surface area contributed by atoms with E-state index < -0.39 is 67.9 Å². The summed E-state index contributed by atoms with van der Waals surface area (Å²) in [4.78, 5) is 75.9. The third-order valence-corrected chi connectivity index (χ3v) is 14.9. The van der Waals surface area contributed by atoms with Crippen molar-refractivity contribution >= 4 is 106 Å². The van der Waals surface area contributed by atoms with Crippen molar-refractivity contribution in [3.05, 3.63) is 107 Å². The number of carbonyl (C=O) groups excluding carboxylic acids is 5. The number of hydrogen-bond acceptors (Lipinski definition) is 21. The maximum atomic E-state index is 13.8. The molecule has 2 heterocycles. The third-order valence-electron chi connectivity index (χ3n) is 12.3. The molecule has 0 saturated heterocycles. The maximum absolute atomic E-state index is 13.8. The van der Waals surface area contributed by atoms with Crippen molar-refractivity contribution in [3.63, 3.8) is 0 Å². The van der Waals surface area contributed by atoms with Crippen LogP contribution in [0.1, 0.15) is 57.5 Å². The second kappa shape index (κ2) is 22.6. The molecule has 1 fully saturated rings. The predicted octanol–water partition coefficient (Wildman–Crippen LogP) is 3.49. The minimum Gasteiger partial charge on any atom is -0.397 e. The van der Waals surface area contributed by atoms with Gasteiger partial charge in [-0.2, -0.15) is 40.2 Å². The van der Waals surface area contributed by atoms with Crippen LogP contribution in [0.25, 0.3) is 0 Å². The molecule has 5 aromatic rings. The number of hydrogen-bond donors (Lipinski definition) is 9. The van der Waals surface area contributed by atoms with Gasteiger partial charge in [-0.05, 0) is 74.1 Å². The Hall–Kier alpha value is -7.77. The molecule has 0 bridgehead atoms. The van der Waals surface area contributed by atoms with Gasteiger partial charge in [-0.25, -0.2) is 0 Å². The van der Waals surface area contributed by atoms with E-state index in [0.29, 0.717) is 19.4 Å². The van der Waals surface area contributed by atoms with Crippen LogP contribution in [-0.2, 0) is 54.2 Å². The van der Waals surface area contributed by atoms with Crippen molar-refractivity contribution < 1.29 is 72.4 Å². The summed E-state index contributed by atoms with van der Waals surface area (Å²) in [6.45, 7) is 1.36. The van der Waals surface area contributed by atoms with Crippen LogP contribution in [0.5, 0.6) is 0 Å². The summed E-state index contributed by atoms with van der Waals surface area (Å²) in [7, 11) is -14.9. The Morgan fingerprint density at radius 2 is 1.21 bits per heavy atom. The quantitative estimate of drug-likeness (QED) is 0.0203. The highest BCUT2D eigenvalue weighted by Gasteiger charge is 2.37. The van der Waals surface area contributed by atoms with E-state index in [1.807, 2.05) is 0 Å². The molecule has 26 nitrogen and oxygen atoms in total. The summed E-state index contributed by atoms with van der Waals surface area (Å²) in [5.41, 5.74) is 3.56. The molecule has 29 heteroatoms. The minimum absolute atomic E-state index is 0.0411. The smallest absolute Gasteiger partial charge is 0.296 e. The molecule has 4 aromatic carbocycles. The molecule has 400 valence electrons. The molecule has 1 aliphatic heterocycles. The first-order valence-corrected chi connectivity index (χ1v) is 27.5. The standard InChI is InChI=1S/C47H48N10O16S3/c48-41-36(76(69,70)71)24-34(39-40(41)43(61)32-7-2-1-6-31(32)42(39)60)51-29-12-13-33(35(23-29)75(66,67)68)53-47-55-45(54-46(56-47)52-28-4-3-5-30(22-28)74(63,64)65)50-17-19-73-21-20-72-18-16-49-44(62)27-10-8-26(9-11-27)25-57-37(58)14-15-38(57)59/h1-7,12-15,22-24,26-27,51H,8-11,16-21,25,48H2,(H,49,62)(H,63,64,65)(H,66,67,68)(H,69,70,71)(H3,50,52,53,54,55,56). The summed E-state index contributed by atoms with van der Waals surface area (Å²) < 4.78 is 116. The second-order valence-corrected chi connectivity index (χ2v) is 21.6. The first-order chi connectivity index (χ1) is 36.0. The van der Waals surface area contributed by atoms with Gasteiger partial charge < -0.3 is 41.8 Å². The minimum atomic E-state index is -5.14. The first kappa shape index (κ1) is 54.5. The Kier molecular flexibility index (Phi) is 16.2. The number of benzene rings is 4. The number of carbonyl (C=O) groups is 5. The number of ether oxygens (including phenoxy) is 2. The summed E-state index contributed by atoms with van der Waals surface area (Å²) in [6.07, 6.45) is 5.25. The van der Waals surface area contributed by atoms with Gasteiger partial charge in [-0.3, -0.25) is 42.5 Å². The first-order valence-electron chi connectivity index (χ1n) is 23.1. The second-order valence-electron chi connectivity index (χ2n) is 17.4. The van der Waals surface area contributed by atoms with Crippen LogP contribution < -0.4 is 32.3 Å². The Labute approximate surface area is 434 Å². The van der Waals surface area contributed by atoms with Crippen LogP contribution in [-0.4, -0.2) is 134 Å². The van der Waals surface area contributed by atoms with Gasteiger partial charge in [0.05, 0.1) is 59.5 Å². The fourth-order valence-electron chi connectivity index (χ4n) is 8.65. The number of anilines is 8. The zero-order valence-electron chi connectivity index (χ0n) is 39.8. The molecule has 10 N–H and O–H groups in total. The molecule has 0 unspecified atom stereocenters. The molecule has 1 saturated carbocycles. The molecule has 76 heavy (non-hydrogen) atoms. The number of ketones is 2. The van der Waals surface area contributed by atoms with E-state index in [0.717, 1.165) is 43.2 Å². The lowest BCUT2D eigenvalue weighted by Crippen LogP contribution is -2.39. The lowest BCUT2D eigenvalue weighted by atomic mass is 9.81. The average Bonchev–Trinajstić information content (AvgIpc) is 3.71. The Bertz CT molecular complexity index is 3520. The number of nitrogens with two attached hydrogens (primary N) is 1. The Morgan fingerprint density at radius 3 is 1.84 bits per heavy atom. The summed E-state index contributed by atoms with van der Waals surface area (Å²) >= 11 is 0. The highest BCUT2D eigenvalue weighted by molar-refractivity contribution is 7.86. The molecule has 0 radical (unpaired) electrons. The summed E-state index contributed by atoms with van der Waals surface area (Å²) in [5.74, 6) is -3.03. The van der Waals surface area contributed by atoms with Gasteiger partial charge in [-0.15, -0.1) is 0 Å². The number of rotatable bonds is 22. The summed E-state index contributed by atoms with van der Waals surface area (Å²) in [5, 5.41) is 14.0. The van der Waals surface area contributed by atoms with Gasteiger partial charge in [0.15, 0.2) is 11.6 Å². The molecule has 1 aromatic heterocycles. The largest absolute Gasteiger partial charge is 0.397 e. The van der Waals surface area contributed by atoms with Gasteiger partial charge in [-0.1, -0.05) is 30.3 Å². The van der Waals surface area contributed by atoms with Gasteiger partial charge in [0.2, 0.25) is 23.8 Å². The molecule has 3 aliphatic rings. The third kappa shape index (κ3) is 12.8. The van der Waals surface area contributed by atoms with Crippen LogP contribution in [0.3, 0.4) is 0 Å². The van der Waals surface area contributed by atoms with Crippen LogP contribution >= 0.6 is 0 Å². The number of nitrogens with one attached hydrogen (secondary N) is 5. The average molecular weight is 1110 g/mol. The zero-order valence-corrected chi connectivity index (χ0v) is 42.2. The van der Waals surface area contributed by atoms with Crippen molar-refractivity contribution in [1.82, 2.24) is 25.2 Å². The van der Waals surface area contributed by atoms with Crippen molar-refractivity contribution in [2.24, 2.45) is 11.8 Å². The fraction of sp³-hybridized carbons (Fsp3) is 0.277. The lowest BCUT2D eigenvalue weighted by molar-refractivity contribution is -0.138. The van der Waals surface area contributed by atoms with Gasteiger partial charge in [0, 0.05) is 60.2 Å². The molecule has 0 spiro atoms. The van der Waals surface area contributed by atoms with E-state index >= 15 is 0 Å². The number of nitrogens with zero attached hydrogens (tertiary/aromatic N) is 4. The number of amides is 3. The van der Waals surface area contributed by atoms with E-state index in [-0.39, 0.29) is 126 Å². The molecular formula is C47H48N10O16S3. The van der Waals surface area contributed by atoms with E-state index in [9.17, 15) is 62.9 Å². The van der Waals surface area contributed by atoms with Crippen LogP contribution in [0.4, 0.5) is 46.3 Å². The highest BCUT2D eigenvalue weighted by atomic mass is 32.2. The van der Waals surface area contributed by atoms with E-state index in [2.05, 4.69) is 41.5 Å². The summed E-state index contributed by atoms with van der Waals surface area (Å²) in [6, 6.07) is 14.7. The van der Waals surface area contributed by atoms with E-state index in [1.54, 1.807) is 0 Å². The topological polar surface area (TPSA) is 395 Å².